The highest BCUT2D eigenvalue weighted by Gasteiger charge is 2.37. The minimum Gasteiger partial charge on any atom is -0.370 e. The number of aromatic nitrogens is 2. The molecule has 0 radical (unpaired) electrons. The van der Waals surface area contributed by atoms with Gasteiger partial charge in [-0.05, 0) is 12.8 Å². The Morgan fingerprint density at radius 1 is 1.31 bits per heavy atom. The van der Waals surface area contributed by atoms with Gasteiger partial charge in [0.25, 0.3) is 0 Å². The molecule has 0 saturated heterocycles. The molecule has 0 aromatic carbocycles. The predicted octanol–water partition coefficient (Wildman–Crippen LogP) is 3.00. The molecular weight excluding hydrogens is 228 g/mol. The lowest BCUT2D eigenvalue weighted by Gasteiger charge is -2.27. The average Bonchev–Trinajstić information content (AvgIpc) is 2.68. The van der Waals surface area contributed by atoms with Crippen LogP contribution >= 0.6 is 11.6 Å². The van der Waals surface area contributed by atoms with E-state index in [1.54, 1.807) is 7.11 Å². The van der Waals surface area contributed by atoms with E-state index in [4.69, 9.17) is 20.9 Å². The van der Waals surface area contributed by atoms with Gasteiger partial charge in [0, 0.05) is 7.11 Å². The summed E-state index contributed by atoms with van der Waals surface area (Å²) in [4.78, 5) is 4.30. The molecular formula is C11H17ClN2O2. The van der Waals surface area contributed by atoms with Gasteiger partial charge in [-0.2, -0.15) is 4.98 Å². The molecule has 1 heterocycles. The molecule has 1 aliphatic rings. The van der Waals surface area contributed by atoms with E-state index in [-0.39, 0.29) is 11.5 Å². The largest absolute Gasteiger partial charge is 0.370 e. The third-order valence-electron chi connectivity index (χ3n) is 3.29. The molecule has 90 valence electrons. The summed E-state index contributed by atoms with van der Waals surface area (Å²) in [7, 11) is 1.72. The van der Waals surface area contributed by atoms with E-state index in [2.05, 4.69) is 10.1 Å². The van der Waals surface area contributed by atoms with Crippen molar-refractivity contribution < 1.29 is 9.26 Å². The van der Waals surface area contributed by atoms with Gasteiger partial charge in [0.05, 0.1) is 0 Å². The van der Waals surface area contributed by atoms with Crippen molar-refractivity contribution in [2.24, 2.45) is 0 Å². The van der Waals surface area contributed by atoms with Gasteiger partial charge in [-0.3, -0.25) is 0 Å². The molecule has 1 fully saturated rings. The standard InChI is InChI=1S/C11H17ClN2O2/c1-15-11(6-4-2-3-5-7-11)10-13-9(8-12)16-14-10/h2-8H2,1H3. The van der Waals surface area contributed by atoms with E-state index in [1.165, 1.54) is 12.8 Å². The van der Waals surface area contributed by atoms with Crippen LogP contribution in [-0.2, 0) is 16.2 Å². The van der Waals surface area contributed by atoms with Crippen molar-refractivity contribution in [1.29, 1.82) is 0 Å². The van der Waals surface area contributed by atoms with Crippen LogP contribution in [0.25, 0.3) is 0 Å². The summed E-state index contributed by atoms with van der Waals surface area (Å²) < 4.78 is 10.7. The zero-order chi connectivity index (χ0) is 11.4. The first kappa shape index (κ1) is 11.9. The van der Waals surface area contributed by atoms with Crippen LogP contribution in [0.2, 0.25) is 0 Å². The normalized spacial score (nSPS) is 20.6. The van der Waals surface area contributed by atoms with Gasteiger partial charge in [-0.1, -0.05) is 30.8 Å². The van der Waals surface area contributed by atoms with Gasteiger partial charge in [-0.15, -0.1) is 11.6 Å². The summed E-state index contributed by atoms with van der Waals surface area (Å²) in [5, 5.41) is 4.00. The molecule has 16 heavy (non-hydrogen) atoms. The van der Waals surface area contributed by atoms with E-state index in [0.717, 1.165) is 25.7 Å². The fourth-order valence-corrected chi connectivity index (χ4v) is 2.42. The fraction of sp³-hybridized carbons (Fsp3) is 0.818. The van der Waals surface area contributed by atoms with Crippen LogP contribution in [0.5, 0.6) is 0 Å². The molecule has 1 aliphatic carbocycles. The number of hydrogen-bond acceptors (Lipinski definition) is 4. The lowest BCUT2D eigenvalue weighted by atomic mass is 9.93. The molecule has 2 rings (SSSR count). The first-order valence-corrected chi connectivity index (χ1v) is 6.28. The zero-order valence-electron chi connectivity index (χ0n) is 9.54. The van der Waals surface area contributed by atoms with E-state index in [0.29, 0.717) is 11.7 Å². The number of rotatable bonds is 3. The Bertz CT molecular complexity index is 332. The molecule has 0 N–H and O–H groups in total. The Labute approximate surface area is 100 Å². The number of nitrogens with zero attached hydrogens (tertiary/aromatic N) is 2. The minimum atomic E-state index is -0.357. The Morgan fingerprint density at radius 2 is 2.00 bits per heavy atom. The van der Waals surface area contributed by atoms with Crippen LogP contribution in [0.4, 0.5) is 0 Å². The topological polar surface area (TPSA) is 48.2 Å². The van der Waals surface area contributed by atoms with Gasteiger partial charge < -0.3 is 9.26 Å². The molecule has 1 aromatic heterocycles. The summed E-state index contributed by atoms with van der Waals surface area (Å²) >= 11 is 5.66. The maximum atomic E-state index is 5.67. The Kier molecular flexibility index (Phi) is 3.82. The number of alkyl halides is 1. The molecule has 1 aromatic rings. The molecule has 4 nitrogen and oxygen atoms in total. The van der Waals surface area contributed by atoms with E-state index < -0.39 is 0 Å². The second kappa shape index (κ2) is 5.15. The van der Waals surface area contributed by atoms with Crippen molar-refractivity contribution >= 4 is 11.6 Å². The van der Waals surface area contributed by atoms with Crippen molar-refractivity contribution in [3.05, 3.63) is 11.7 Å². The van der Waals surface area contributed by atoms with Gasteiger partial charge >= 0.3 is 0 Å². The van der Waals surface area contributed by atoms with Crippen LogP contribution in [-0.4, -0.2) is 17.3 Å². The number of ether oxygens (including phenoxy) is 1. The minimum absolute atomic E-state index is 0.257. The molecule has 0 amide bonds. The van der Waals surface area contributed by atoms with Gasteiger partial charge in [0.15, 0.2) is 0 Å². The predicted molar refractivity (Wildman–Crippen MR) is 60.2 cm³/mol. The van der Waals surface area contributed by atoms with E-state index in [9.17, 15) is 0 Å². The molecule has 0 atom stereocenters. The average molecular weight is 245 g/mol. The first-order valence-electron chi connectivity index (χ1n) is 5.75. The van der Waals surface area contributed by atoms with E-state index >= 15 is 0 Å². The highest BCUT2D eigenvalue weighted by atomic mass is 35.5. The molecule has 0 bridgehead atoms. The van der Waals surface area contributed by atoms with Crippen molar-refractivity contribution in [2.75, 3.05) is 7.11 Å². The zero-order valence-corrected chi connectivity index (χ0v) is 10.3. The van der Waals surface area contributed by atoms with Crippen molar-refractivity contribution in [1.82, 2.24) is 10.1 Å². The SMILES string of the molecule is COC1(c2noc(CCl)n2)CCCCCC1. The molecule has 0 unspecified atom stereocenters. The van der Waals surface area contributed by atoms with Crippen molar-refractivity contribution in [3.63, 3.8) is 0 Å². The van der Waals surface area contributed by atoms with Gasteiger partial charge in [0.1, 0.15) is 11.5 Å². The first-order chi connectivity index (χ1) is 7.80. The highest BCUT2D eigenvalue weighted by molar-refractivity contribution is 6.16. The van der Waals surface area contributed by atoms with Crippen LogP contribution < -0.4 is 0 Å². The van der Waals surface area contributed by atoms with Crippen molar-refractivity contribution in [2.45, 2.75) is 50.0 Å². The molecule has 1 saturated carbocycles. The summed E-state index contributed by atoms with van der Waals surface area (Å²) in [6, 6.07) is 0. The van der Waals surface area contributed by atoms with Crippen molar-refractivity contribution in [3.8, 4) is 0 Å². The van der Waals surface area contributed by atoms with Gasteiger partial charge in [-0.25, -0.2) is 0 Å². The van der Waals surface area contributed by atoms with E-state index in [1.807, 2.05) is 0 Å². The maximum absolute atomic E-state index is 5.67. The summed E-state index contributed by atoms with van der Waals surface area (Å²) in [5.74, 6) is 1.39. The van der Waals surface area contributed by atoms with Crippen LogP contribution in [0.3, 0.4) is 0 Å². The van der Waals surface area contributed by atoms with Gasteiger partial charge in [0.2, 0.25) is 11.7 Å². The lowest BCUT2D eigenvalue weighted by Crippen LogP contribution is -2.29. The molecule has 0 aliphatic heterocycles. The third-order valence-corrected chi connectivity index (χ3v) is 3.52. The monoisotopic (exact) mass is 244 g/mol. The lowest BCUT2D eigenvalue weighted by molar-refractivity contribution is -0.0365. The smallest absolute Gasteiger partial charge is 0.241 e. The van der Waals surface area contributed by atoms with Crippen LogP contribution in [0, 0.1) is 0 Å². The molecule has 0 spiro atoms. The summed E-state index contributed by atoms with van der Waals surface area (Å²) in [6.07, 6.45) is 6.74. The Morgan fingerprint density at radius 3 is 2.50 bits per heavy atom. The number of hydrogen-bond donors (Lipinski definition) is 0. The van der Waals surface area contributed by atoms with Crippen LogP contribution in [0.15, 0.2) is 4.52 Å². The quantitative estimate of drug-likeness (QED) is 0.606. The number of methoxy groups -OCH3 is 1. The number of halogens is 1. The Hall–Kier alpha value is -0.610. The molecule has 5 heteroatoms. The highest BCUT2D eigenvalue weighted by Crippen LogP contribution is 2.37. The Balaban J connectivity index is 2.24. The summed E-state index contributed by atoms with van der Waals surface area (Å²) in [5.41, 5.74) is -0.357. The fourth-order valence-electron chi connectivity index (χ4n) is 2.31. The maximum Gasteiger partial charge on any atom is 0.241 e. The van der Waals surface area contributed by atoms with Crippen LogP contribution in [0.1, 0.15) is 50.2 Å². The second-order valence-electron chi connectivity index (χ2n) is 4.26. The second-order valence-corrected chi connectivity index (χ2v) is 4.53. The third kappa shape index (κ3) is 2.23. The summed E-state index contributed by atoms with van der Waals surface area (Å²) in [6.45, 7) is 0.